The lowest BCUT2D eigenvalue weighted by Crippen LogP contribution is -2.41. The number of amides is 1. The lowest BCUT2D eigenvalue weighted by molar-refractivity contribution is -0.697. The summed E-state index contributed by atoms with van der Waals surface area (Å²) >= 11 is 0. The molecule has 0 saturated heterocycles. The highest BCUT2D eigenvalue weighted by Gasteiger charge is 2.46. The molecule has 3 heterocycles. The number of hydrogen-bond donors (Lipinski definition) is 3. The van der Waals surface area contributed by atoms with Crippen molar-refractivity contribution in [3.63, 3.8) is 0 Å². The number of methoxy groups -OCH3 is 1. The van der Waals surface area contributed by atoms with E-state index in [-0.39, 0.29) is 48.6 Å². The standard InChI is InChI=1S/C72H95N4O6/c1-11-14-50-82-68(80)72(9,42-41-71(8,13-3)67(79)73-51-81-10)40-37-52(12-2)53-38-44-74(45-39-53)43-20-19-26-58-54(31-35-63-69(4,5)65-59-27-17-15-22-56(59)29-33-61(65)75(63)46-48-77)24-21-25-55(58)32-36-64-70(6,7)66-60-28-18-16-23-57(60)30-34-62(66)76(64)47-49-78/h15-18,22-23,27-36,38-39,44-45,52,77-78H,11-14,19-21,24-26,37,40-43,46-51H2,1-10H3/q+1/p+1. The number of aromatic nitrogens is 1. The van der Waals surface area contributed by atoms with E-state index in [0.717, 1.165) is 70.8 Å². The van der Waals surface area contributed by atoms with Crippen LogP contribution in [-0.2, 0) is 36.4 Å². The van der Waals surface area contributed by atoms with Crippen LogP contribution in [0.25, 0.3) is 21.5 Å². The van der Waals surface area contributed by atoms with E-state index in [2.05, 4.69) is 183 Å². The van der Waals surface area contributed by atoms with E-state index in [1.165, 1.54) is 77.7 Å². The Morgan fingerprint density at radius 3 is 2.13 bits per heavy atom. The number of pyridine rings is 1. The van der Waals surface area contributed by atoms with Crippen molar-refractivity contribution < 1.29 is 38.4 Å². The van der Waals surface area contributed by atoms with Crippen molar-refractivity contribution in [3.8, 4) is 0 Å². The number of fused-ring (bicyclic) bond motifs is 6. The fourth-order valence-corrected chi connectivity index (χ4v) is 13.5. The van der Waals surface area contributed by atoms with Gasteiger partial charge >= 0.3 is 5.97 Å². The number of aryl methyl sites for hydroxylation is 1. The van der Waals surface area contributed by atoms with Crippen molar-refractivity contribution in [3.05, 3.63) is 161 Å². The van der Waals surface area contributed by atoms with E-state index >= 15 is 0 Å². The number of aliphatic hydroxyl groups excluding tert-OH is 2. The molecule has 3 aliphatic rings. The van der Waals surface area contributed by atoms with Crippen LogP contribution in [0.1, 0.15) is 175 Å². The lowest BCUT2D eigenvalue weighted by Gasteiger charge is -2.34. The third-order valence-electron chi connectivity index (χ3n) is 18.9. The van der Waals surface area contributed by atoms with Gasteiger partial charge in [0, 0.05) is 72.1 Å². The highest BCUT2D eigenvalue weighted by molar-refractivity contribution is 6.08. The number of benzene rings is 4. The molecule has 0 saturated carbocycles. The average Bonchev–Trinajstić information content (AvgIpc) is 2.09. The maximum Gasteiger partial charge on any atom is 0.311 e. The van der Waals surface area contributed by atoms with Gasteiger partial charge in [-0.25, -0.2) is 4.57 Å². The van der Waals surface area contributed by atoms with E-state index in [1.54, 1.807) is 7.11 Å². The summed E-state index contributed by atoms with van der Waals surface area (Å²) < 4.78 is 15.7. The summed E-state index contributed by atoms with van der Waals surface area (Å²) in [6.07, 6.45) is 26.1. The van der Waals surface area contributed by atoms with Gasteiger partial charge in [0.1, 0.15) is 19.9 Å². The van der Waals surface area contributed by atoms with Crippen LogP contribution < -0.4 is 14.8 Å². The number of esters is 1. The zero-order valence-corrected chi connectivity index (χ0v) is 51.3. The Bertz CT molecular complexity index is 3220. The molecular weight excluding hydrogens is 1020 g/mol. The molecule has 0 spiro atoms. The van der Waals surface area contributed by atoms with Gasteiger partial charge < -0.3 is 29.9 Å². The van der Waals surface area contributed by atoms with Gasteiger partial charge in [-0.15, -0.1) is 0 Å². The third-order valence-corrected chi connectivity index (χ3v) is 18.9. The predicted octanol–water partition coefficient (Wildman–Crippen LogP) is 14.7. The number of allylic oxidation sites excluding steroid dienone is 8. The second-order valence-corrected chi connectivity index (χ2v) is 25.1. The molecule has 8 rings (SSSR count). The van der Waals surface area contributed by atoms with E-state index in [4.69, 9.17) is 9.47 Å². The maximum atomic E-state index is 13.9. The van der Waals surface area contributed by atoms with Crippen LogP contribution in [0, 0.1) is 10.8 Å². The number of nitrogens with one attached hydrogen (secondary N) is 1. The SMILES string of the molecule is CCCCOC(=O)C(C)(CCC(CC)c1cc[n+](CCCCC2=C(C=CC3=[N+](CCO)c4ccc5ccccc5c4C3(C)C)CCCC2=CC=C2N(CCO)c3ccc4ccccc4c3C2(C)C)cc1)CCC(C)(CC)C(=O)NCOC. The monoisotopic (exact) mass is 1110 g/mol. The molecule has 438 valence electrons. The number of hydrogen-bond acceptors (Lipinski definition) is 7. The Hall–Kier alpha value is -6.20. The lowest BCUT2D eigenvalue weighted by atomic mass is 9.72. The number of β-amino-alcohol motifs (C(OH)–C–C–N with tert-alkyl or cyclic N) is 2. The average molecular weight is 1110 g/mol. The van der Waals surface area contributed by atoms with Gasteiger partial charge in [0.05, 0.1) is 24.0 Å². The summed E-state index contributed by atoms with van der Waals surface area (Å²) in [5, 5.41) is 28.8. The van der Waals surface area contributed by atoms with Crippen molar-refractivity contribution in [2.24, 2.45) is 10.8 Å². The fourth-order valence-electron chi connectivity index (χ4n) is 13.5. The molecule has 1 aliphatic carbocycles. The predicted molar refractivity (Wildman–Crippen MR) is 336 cm³/mol. The maximum absolute atomic E-state index is 13.9. The number of carbonyl (C=O) groups is 2. The van der Waals surface area contributed by atoms with Crippen LogP contribution >= 0.6 is 0 Å². The van der Waals surface area contributed by atoms with Gasteiger partial charge in [-0.2, -0.15) is 4.58 Å². The molecule has 3 N–H and O–H groups in total. The van der Waals surface area contributed by atoms with E-state index in [0.29, 0.717) is 45.4 Å². The Morgan fingerprint density at radius 1 is 0.768 bits per heavy atom. The Kier molecular flexibility index (Phi) is 20.7. The van der Waals surface area contributed by atoms with Crippen LogP contribution in [0.5, 0.6) is 0 Å². The largest absolute Gasteiger partial charge is 0.465 e. The van der Waals surface area contributed by atoms with Crippen molar-refractivity contribution in [1.29, 1.82) is 0 Å². The third kappa shape index (κ3) is 13.3. The van der Waals surface area contributed by atoms with Crippen LogP contribution in [0.3, 0.4) is 0 Å². The topological polar surface area (TPSA) is 115 Å². The first-order valence-electron chi connectivity index (χ1n) is 30.9. The van der Waals surface area contributed by atoms with Crippen LogP contribution in [0.4, 0.5) is 11.4 Å². The quantitative estimate of drug-likeness (QED) is 0.0198. The molecule has 0 fully saturated rings. The molecule has 82 heavy (non-hydrogen) atoms. The summed E-state index contributed by atoms with van der Waals surface area (Å²) in [6.45, 7) is 22.4. The fraction of sp³-hybridized carbons (Fsp3) is 0.500. The molecule has 1 aromatic heterocycles. The molecule has 10 nitrogen and oxygen atoms in total. The molecular formula is C72H96N4O6+2. The summed E-state index contributed by atoms with van der Waals surface area (Å²) in [5.41, 5.74) is 11.0. The molecule has 0 radical (unpaired) electrons. The van der Waals surface area contributed by atoms with Crippen LogP contribution in [-0.4, -0.2) is 79.1 Å². The summed E-state index contributed by atoms with van der Waals surface area (Å²) in [6, 6.07) is 30.8. The van der Waals surface area contributed by atoms with Gasteiger partial charge in [-0.3, -0.25) is 9.59 Å². The second kappa shape index (κ2) is 27.5. The van der Waals surface area contributed by atoms with E-state index < -0.39 is 10.8 Å². The number of unbranched alkanes of at least 4 members (excludes halogenated alkanes) is 2. The number of anilines is 1. The van der Waals surface area contributed by atoms with Crippen molar-refractivity contribution >= 4 is 50.5 Å². The molecule has 3 atom stereocenters. The minimum absolute atomic E-state index is 0.0484. The Labute approximate surface area is 490 Å². The second-order valence-electron chi connectivity index (χ2n) is 25.1. The molecule has 4 aromatic carbocycles. The van der Waals surface area contributed by atoms with Gasteiger partial charge in [0.2, 0.25) is 11.6 Å². The van der Waals surface area contributed by atoms with Gasteiger partial charge in [-0.05, 0) is 171 Å². The van der Waals surface area contributed by atoms with E-state index in [9.17, 15) is 19.8 Å². The van der Waals surface area contributed by atoms with Gasteiger partial charge in [0.25, 0.3) is 0 Å². The number of rotatable bonds is 28. The minimum Gasteiger partial charge on any atom is -0.465 e. The van der Waals surface area contributed by atoms with Crippen LogP contribution in [0.15, 0.2) is 144 Å². The number of ether oxygens (including phenoxy) is 2. The minimum atomic E-state index is -0.717. The highest BCUT2D eigenvalue weighted by atomic mass is 16.5. The summed E-state index contributed by atoms with van der Waals surface area (Å²) in [4.78, 5) is 29.5. The zero-order chi connectivity index (χ0) is 58.7. The van der Waals surface area contributed by atoms with Gasteiger partial charge in [0.15, 0.2) is 24.7 Å². The highest BCUT2D eigenvalue weighted by Crippen LogP contribution is 2.51. The van der Waals surface area contributed by atoms with Crippen molar-refractivity contribution in [1.82, 2.24) is 5.32 Å². The molecule has 0 bridgehead atoms. The Balaban J connectivity index is 1.04. The van der Waals surface area contributed by atoms with Crippen molar-refractivity contribution in [2.45, 2.75) is 175 Å². The first-order valence-corrected chi connectivity index (χ1v) is 30.9. The summed E-state index contributed by atoms with van der Waals surface area (Å²) in [7, 11) is 1.57. The first-order chi connectivity index (χ1) is 39.5. The zero-order valence-electron chi connectivity index (χ0n) is 51.3. The molecule has 3 unspecified atom stereocenters. The molecule has 1 amide bonds. The number of carbonyl (C=O) groups excluding carboxylic acids is 2. The molecule has 10 heteroatoms. The molecule has 5 aromatic rings. The number of nitrogens with zero attached hydrogens (tertiary/aromatic N) is 3. The van der Waals surface area contributed by atoms with E-state index in [1.807, 2.05) is 20.8 Å². The van der Waals surface area contributed by atoms with Gasteiger partial charge in [-0.1, -0.05) is 115 Å². The summed E-state index contributed by atoms with van der Waals surface area (Å²) in [5.74, 6) is 0.0708. The Morgan fingerprint density at radius 2 is 1.46 bits per heavy atom. The van der Waals surface area contributed by atoms with Crippen molar-refractivity contribution in [2.75, 3.05) is 51.7 Å². The first kappa shape index (κ1) is 61.9. The number of aliphatic hydroxyl groups is 2. The molecule has 2 aliphatic heterocycles. The van der Waals surface area contributed by atoms with Crippen LogP contribution in [0.2, 0.25) is 0 Å². The normalized spacial score (nSPS) is 18.6. The smallest absolute Gasteiger partial charge is 0.311 e.